The van der Waals surface area contributed by atoms with E-state index in [1.807, 2.05) is 30.3 Å². The van der Waals surface area contributed by atoms with E-state index in [1.165, 1.54) is 0 Å². The van der Waals surface area contributed by atoms with Crippen molar-refractivity contribution in [2.45, 2.75) is 44.9 Å². The Morgan fingerprint density at radius 1 is 1.22 bits per heavy atom. The zero-order valence-corrected chi connectivity index (χ0v) is 13.4. The molecule has 2 aliphatic rings. The van der Waals surface area contributed by atoms with Crippen molar-refractivity contribution < 1.29 is 19.0 Å². The molecule has 0 radical (unpaired) electrons. The van der Waals surface area contributed by atoms with Crippen LogP contribution in [0.25, 0.3) is 0 Å². The first-order valence-corrected chi connectivity index (χ1v) is 8.17. The molecule has 0 aromatic heterocycles. The molecule has 1 saturated carbocycles. The van der Waals surface area contributed by atoms with Gasteiger partial charge in [-0.2, -0.15) is 0 Å². The predicted molar refractivity (Wildman–Crippen MR) is 85.4 cm³/mol. The van der Waals surface area contributed by atoms with E-state index in [4.69, 9.17) is 14.2 Å². The van der Waals surface area contributed by atoms with Crippen molar-refractivity contribution in [1.29, 1.82) is 0 Å². The molecule has 0 saturated heterocycles. The minimum absolute atomic E-state index is 0.0250. The molecule has 124 valence electrons. The van der Waals surface area contributed by atoms with Crippen LogP contribution in [0.4, 0.5) is 0 Å². The van der Waals surface area contributed by atoms with Crippen LogP contribution < -0.4 is 5.32 Å². The van der Waals surface area contributed by atoms with Gasteiger partial charge in [0, 0.05) is 0 Å². The quantitative estimate of drug-likeness (QED) is 0.906. The summed E-state index contributed by atoms with van der Waals surface area (Å²) in [5.74, 6) is 0.640. The zero-order valence-electron chi connectivity index (χ0n) is 13.4. The van der Waals surface area contributed by atoms with Crippen LogP contribution in [-0.4, -0.2) is 31.3 Å². The van der Waals surface area contributed by atoms with Crippen molar-refractivity contribution in [3.05, 3.63) is 47.4 Å². The van der Waals surface area contributed by atoms with Gasteiger partial charge in [0.05, 0.1) is 18.8 Å². The van der Waals surface area contributed by atoms with Gasteiger partial charge in [0.1, 0.15) is 19.0 Å². The third-order valence-electron chi connectivity index (χ3n) is 4.25. The minimum Gasteiger partial charge on any atom is -0.491 e. The first-order valence-electron chi connectivity index (χ1n) is 8.17. The molecule has 1 N–H and O–H groups in total. The van der Waals surface area contributed by atoms with Gasteiger partial charge < -0.3 is 19.5 Å². The molecule has 1 fully saturated rings. The smallest absolute Gasteiger partial charge is 0.290 e. The second kappa shape index (κ2) is 7.51. The maximum atomic E-state index is 12.4. The number of amides is 1. The first-order chi connectivity index (χ1) is 11.2. The second-order valence-corrected chi connectivity index (χ2v) is 5.93. The van der Waals surface area contributed by atoms with E-state index in [0.29, 0.717) is 31.3 Å². The molecule has 5 heteroatoms. The molecule has 0 spiro atoms. The Kier molecular flexibility index (Phi) is 5.18. The molecule has 1 aliphatic heterocycles. The monoisotopic (exact) mass is 317 g/mol. The van der Waals surface area contributed by atoms with E-state index in [-0.39, 0.29) is 18.1 Å². The fourth-order valence-corrected chi connectivity index (χ4v) is 3.03. The van der Waals surface area contributed by atoms with Crippen LogP contribution in [0.3, 0.4) is 0 Å². The largest absolute Gasteiger partial charge is 0.491 e. The van der Waals surface area contributed by atoms with Crippen molar-refractivity contribution in [2.75, 3.05) is 13.2 Å². The molecule has 1 amide bonds. The van der Waals surface area contributed by atoms with E-state index in [0.717, 1.165) is 24.8 Å². The maximum Gasteiger partial charge on any atom is 0.290 e. The third-order valence-corrected chi connectivity index (χ3v) is 4.25. The fraction of sp³-hybridized carbons (Fsp3) is 0.500. The number of ether oxygens (including phenoxy) is 3. The van der Waals surface area contributed by atoms with Gasteiger partial charge in [0.15, 0.2) is 0 Å². The van der Waals surface area contributed by atoms with Gasteiger partial charge in [-0.3, -0.25) is 4.79 Å². The molecule has 5 nitrogen and oxygen atoms in total. The highest BCUT2D eigenvalue weighted by molar-refractivity contribution is 5.92. The summed E-state index contributed by atoms with van der Waals surface area (Å²) < 4.78 is 16.8. The standard InChI is InChI=1S/C18H23NO4/c1-13-17(22-11-10-21-13)18(20)19-15-8-5-9-16(15)23-12-14-6-3-2-4-7-14/h2-4,6-7,15-16H,5,8-12H2,1H3,(H,19,20)/t15-,16-/m1/s1. The number of allylic oxidation sites excluding steroid dienone is 1. The average molecular weight is 317 g/mol. The topological polar surface area (TPSA) is 56.8 Å². The molecule has 1 aromatic carbocycles. The van der Waals surface area contributed by atoms with Crippen LogP contribution in [0.2, 0.25) is 0 Å². The number of rotatable bonds is 5. The molecule has 3 rings (SSSR count). The van der Waals surface area contributed by atoms with Gasteiger partial charge in [-0.25, -0.2) is 0 Å². The highest BCUT2D eigenvalue weighted by Gasteiger charge is 2.31. The van der Waals surface area contributed by atoms with Crippen molar-refractivity contribution in [1.82, 2.24) is 5.32 Å². The summed E-state index contributed by atoms with van der Waals surface area (Å²) in [6.07, 6.45) is 3.00. The Labute approximate surface area is 136 Å². The molecular weight excluding hydrogens is 294 g/mol. The Balaban J connectivity index is 1.55. The summed E-state index contributed by atoms with van der Waals surface area (Å²) in [4.78, 5) is 12.4. The Morgan fingerprint density at radius 3 is 2.78 bits per heavy atom. The SMILES string of the molecule is CC1=C(C(=O)N[C@@H]2CCC[C@H]2OCc2ccccc2)OCCO1. The summed E-state index contributed by atoms with van der Waals surface area (Å²) in [7, 11) is 0. The zero-order chi connectivity index (χ0) is 16.1. The predicted octanol–water partition coefficient (Wildman–Crippen LogP) is 2.52. The molecule has 2 atom stereocenters. The Bertz CT molecular complexity index is 570. The molecule has 1 aromatic rings. The second-order valence-electron chi connectivity index (χ2n) is 5.93. The van der Waals surface area contributed by atoms with E-state index in [2.05, 4.69) is 5.32 Å². The van der Waals surface area contributed by atoms with E-state index < -0.39 is 0 Å². The highest BCUT2D eigenvalue weighted by atomic mass is 16.6. The van der Waals surface area contributed by atoms with Gasteiger partial charge in [0.25, 0.3) is 5.91 Å². The molecular formula is C18H23NO4. The maximum absolute atomic E-state index is 12.4. The number of hydrogen-bond donors (Lipinski definition) is 1. The molecule has 0 unspecified atom stereocenters. The lowest BCUT2D eigenvalue weighted by Gasteiger charge is -2.24. The molecule has 0 bridgehead atoms. The van der Waals surface area contributed by atoms with E-state index in [9.17, 15) is 4.79 Å². The lowest BCUT2D eigenvalue weighted by atomic mass is 10.2. The van der Waals surface area contributed by atoms with Gasteiger partial charge in [-0.15, -0.1) is 0 Å². The third kappa shape index (κ3) is 4.05. The van der Waals surface area contributed by atoms with Crippen LogP contribution in [0.5, 0.6) is 0 Å². The van der Waals surface area contributed by atoms with Crippen molar-refractivity contribution >= 4 is 5.91 Å². The molecule has 1 heterocycles. The van der Waals surface area contributed by atoms with Crippen molar-refractivity contribution in [3.8, 4) is 0 Å². The van der Waals surface area contributed by atoms with Gasteiger partial charge in [-0.05, 0) is 31.7 Å². The first kappa shape index (κ1) is 15.9. The van der Waals surface area contributed by atoms with E-state index in [1.54, 1.807) is 6.92 Å². The van der Waals surface area contributed by atoms with Crippen molar-refractivity contribution in [3.63, 3.8) is 0 Å². The number of carbonyl (C=O) groups is 1. The Hall–Kier alpha value is -2.01. The van der Waals surface area contributed by atoms with Gasteiger partial charge in [0.2, 0.25) is 5.76 Å². The minimum atomic E-state index is -0.206. The number of hydrogen-bond acceptors (Lipinski definition) is 4. The van der Waals surface area contributed by atoms with Crippen LogP contribution in [0.1, 0.15) is 31.7 Å². The van der Waals surface area contributed by atoms with Crippen LogP contribution in [-0.2, 0) is 25.6 Å². The fourth-order valence-electron chi connectivity index (χ4n) is 3.03. The number of carbonyl (C=O) groups excluding carboxylic acids is 1. The number of benzene rings is 1. The average Bonchev–Trinajstić information content (AvgIpc) is 3.01. The summed E-state index contributed by atoms with van der Waals surface area (Å²) >= 11 is 0. The lowest BCUT2D eigenvalue weighted by Crippen LogP contribution is -2.42. The molecule has 1 aliphatic carbocycles. The summed E-state index contributed by atoms with van der Waals surface area (Å²) in [6.45, 7) is 3.23. The van der Waals surface area contributed by atoms with Gasteiger partial charge in [-0.1, -0.05) is 30.3 Å². The normalized spacial score (nSPS) is 24.0. The highest BCUT2D eigenvalue weighted by Crippen LogP contribution is 2.24. The number of nitrogens with one attached hydrogen (secondary N) is 1. The molecule has 23 heavy (non-hydrogen) atoms. The van der Waals surface area contributed by atoms with Crippen LogP contribution in [0, 0.1) is 0 Å². The van der Waals surface area contributed by atoms with Gasteiger partial charge >= 0.3 is 0 Å². The summed E-state index contributed by atoms with van der Waals surface area (Å²) in [6, 6.07) is 10.1. The van der Waals surface area contributed by atoms with Crippen molar-refractivity contribution in [2.24, 2.45) is 0 Å². The summed E-state index contributed by atoms with van der Waals surface area (Å²) in [5.41, 5.74) is 1.15. The Morgan fingerprint density at radius 2 is 2.00 bits per heavy atom. The van der Waals surface area contributed by atoms with Crippen LogP contribution in [0.15, 0.2) is 41.9 Å². The van der Waals surface area contributed by atoms with Crippen LogP contribution >= 0.6 is 0 Å². The summed E-state index contributed by atoms with van der Waals surface area (Å²) in [5, 5.41) is 3.04. The van der Waals surface area contributed by atoms with E-state index >= 15 is 0 Å². The lowest BCUT2D eigenvalue weighted by molar-refractivity contribution is -0.124.